The Balaban J connectivity index is 0. The normalized spacial score (nSPS) is 18.7. The molecule has 9 heteroatoms. The Morgan fingerprint density at radius 3 is 2.42 bits per heavy atom. The van der Waals surface area contributed by atoms with Crippen molar-refractivity contribution >= 4 is 36.6 Å². The maximum absolute atomic E-state index is 12.4. The molecule has 1 rings (SSSR count). The second-order valence-electron chi connectivity index (χ2n) is 6.62. The largest absolute Gasteiger partial charge is 0.380 e. The van der Waals surface area contributed by atoms with Gasteiger partial charge in [0.25, 0.3) is 0 Å². The molecule has 2 amide bonds. The van der Waals surface area contributed by atoms with Gasteiger partial charge in [-0.25, -0.2) is 0 Å². The van der Waals surface area contributed by atoms with E-state index in [-0.39, 0.29) is 49.1 Å². The highest BCUT2D eigenvalue weighted by Gasteiger charge is 2.28. The van der Waals surface area contributed by atoms with Gasteiger partial charge in [-0.1, -0.05) is 20.8 Å². The smallest absolute Gasteiger partial charge is 0.242 e. The fraction of sp³-hybridized carbons (Fsp3) is 0.882. The molecule has 0 aliphatic carbocycles. The molecule has 3 N–H and O–H groups in total. The Kier molecular flexibility index (Phi) is 15.4. The zero-order valence-corrected chi connectivity index (χ0v) is 18.0. The van der Waals surface area contributed by atoms with Crippen molar-refractivity contribution in [1.29, 1.82) is 0 Å². The van der Waals surface area contributed by atoms with Gasteiger partial charge in [-0.3, -0.25) is 14.5 Å². The molecular weight excluding hydrogens is 379 g/mol. The number of rotatable bonds is 9. The summed E-state index contributed by atoms with van der Waals surface area (Å²) in [5.41, 5.74) is 5.79. The van der Waals surface area contributed by atoms with Gasteiger partial charge < -0.3 is 20.7 Å². The second kappa shape index (κ2) is 14.5. The average molecular weight is 415 g/mol. The minimum atomic E-state index is -0.573. The van der Waals surface area contributed by atoms with Gasteiger partial charge in [0.2, 0.25) is 11.8 Å². The molecule has 1 saturated heterocycles. The lowest BCUT2D eigenvalue weighted by atomic mass is 10.1. The van der Waals surface area contributed by atoms with E-state index in [0.717, 1.165) is 32.7 Å². The van der Waals surface area contributed by atoms with Crippen LogP contribution >= 0.6 is 24.8 Å². The lowest BCUT2D eigenvalue weighted by Gasteiger charge is -2.41. The highest BCUT2D eigenvalue weighted by molar-refractivity contribution is 5.87. The lowest BCUT2D eigenvalue weighted by Crippen LogP contribution is -2.57. The number of amides is 2. The number of hydrogen-bond acceptors (Lipinski definition) is 5. The molecule has 0 aromatic rings. The van der Waals surface area contributed by atoms with Crippen LogP contribution in [0.1, 0.15) is 34.1 Å². The van der Waals surface area contributed by atoms with Crippen molar-refractivity contribution in [1.82, 2.24) is 15.1 Å². The lowest BCUT2D eigenvalue weighted by molar-refractivity contribution is -0.136. The van der Waals surface area contributed by atoms with Crippen molar-refractivity contribution in [3.8, 4) is 0 Å². The first-order chi connectivity index (χ1) is 11.4. The van der Waals surface area contributed by atoms with Crippen LogP contribution in [-0.2, 0) is 14.3 Å². The van der Waals surface area contributed by atoms with Crippen LogP contribution in [0.5, 0.6) is 0 Å². The Hall–Kier alpha value is -0.600. The van der Waals surface area contributed by atoms with Gasteiger partial charge in [0.15, 0.2) is 0 Å². The van der Waals surface area contributed by atoms with E-state index in [2.05, 4.69) is 17.1 Å². The molecule has 0 radical (unpaired) electrons. The molecule has 0 aromatic carbocycles. The van der Waals surface area contributed by atoms with E-state index < -0.39 is 6.04 Å². The fourth-order valence-corrected chi connectivity index (χ4v) is 2.82. The summed E-state index contributed by atoms with van der Waals surface area (Å²) in [6, 6.07) is -0.228. The molecule has 0 aromatic heterocycles. The van der Waals surface area contributed by atoms with E-state index in [9.17, 15) is 9.59 Å². The second-order valence-corrected chi connectivity index (χ2v) is 6.62. The van der Waals surface area contributed by atoms with Crippen molar-refractivity contribution in [3.05, 3.63) is 0 Å². The molecule has 26 heavy (non-hydrogen) atoms. The average Bonchev–Trinajstić information content (AvgIpc) is 2.58. The molecule has 1 fully saturated rings. The number of piperazine rings is 1. The molecule has 0 bridgehead atoms. The number of nitrogens with two attached hydrogens (primary N) is 1. The number of carbonyl (C=O) groups is 2. The van der Waals surface area contributed by atoms with Crippen LogP contribution < -0.4 is 11.1 Å². The van der Waals surface area contributed by atoms with Gasteiger partial charge in [0.1, 0.15) is 0 Å². The summed E-state index contributed by atoms with van der Waals surface area (Å²) < 4.78 is 5.43. The highest BCUT2D eigenvalue weighted by Crippen LogP contribution is 2.12. The minimum absolute atomic E-state index is 0. The summed E-state index contributed by atoms with van der Waals surface area (Å²) in [6.45, 7) is 12.5. The summed E-state index contributed by atoms with van der Waals surface area (Å²) in [4.78, 5) is 28.4. The fourth-order valence-electron chi connectivity index (χ4n) is 2.82. The topological polar surface area (TPSA) is 87.9 Å². The number of halogens is 2. The van der Waals surface area contributed by atoms with Gasteiger partial charge >= 0.3 is 0 Å². The molecule has 1 heterocycles. The third kappa shape index (κ3) is 8.86. The Morgan fingerprint density at radius 1 is 1.23 bits per heavy atom. The molecule has 0 spiro atoms. The number of hydrogen-bond donors (Lipinski definition) is 2. The molecular formula is C17H36Cl2N4O3. The van der Waals surface area contributed by atoms with Crippen LogP contribution in [0.3, 0.4) is 0 Å². The SMILES string of the molecule is CCOCCN1CCN(C(=O)CNC(=O)[C@@H](N)C(C)C)CC1CC.Cl.Cl. The van der Waals surface area contributed by atoms with Crippen LogP contribution in [0.4, 0.5) is 0 Å². The molecule has 2 atom stereocenters. The standard InChI is InChI=1S/C17H34N4O3.2ClH/c1-5-14-12-21(8-7-20(14)9-10-24-6-2)15(22)11-19-17(23)16(18)13(3)4;;/h13-14,16H,5-12,18H2,1-4H3,(H,19,23);2*1H/t14?,16-;;/m0../s1. The number of carbonyl (C=O) groups excluding carboxylic acids is 2. The predicted molar refractivity (Wildman–Crippen MR) is 109 cm³/mol. The van der Waals surface area contributed by atoms with E-state index in [4.69, 9.17) is 10.5 Å². The Labute approximate surface area is 170 Å². The van der Waals surface area contributed by atoms with Gasteiger partial charge in [-0.05, 0) is 19.3 Å². The zero-order valence-electron chi connectivity index (χ0n) is 16.4. The summed E-state index contributed by atoms with van der Waals surface area (Å²) in [5.74, 6) is -0.249. The molecule has 1 aliphatic rings. The van der Waals surface area contributed by atoms with Crippen LogP contribution in [0.2, 0.25) is 0 Å². The zero-order chi connectivity index (χ0) is 18.1. The van der Waals surface area contributed by atoms with Gasteiger partial charge in [-0.15, -0.1) is 24.8 Å². The monoisotopic (exact) mass is 414 g/mol. The van der Waals surface area contributed by atoms with Crippen molar-refractivity contribution in [2.24, 2.45) is 11.7 Å². The predicted octanol–water partition coefficient (Wildman–Crippen LogP) is 0.889. The number of nitrogens with one attached hydrogen (secondary N) is 1. The maximum atomic E-state index is 12.4. The minimum Gasteiger partial charge on any atom is -0.380 e. The van der Waals surface area contributed by atoms with Gasteiger partial charge in [0.05, 0.1) is 19.2 Å². The van der Waals surface area contributed by atoms with Gasteiger partial charge in [-0.2, -0.15) is 0 Å². The highest BCUT2D eigenvalue weighted by atomic mass is 35.5. The Morgan fingerprint density at radius 2 is 1.88 bits per heavy atom. The Bertz CT molecular complexity index is 413. The van der Waals surface area contributed by atoms with E-state index in [1.165, 1.54) is 0 Å². The first-order valence-electron chi connectivity index (χ1n) is 9.03. The first-order valence-corrected chi connectivity index (χ1v) is 9.03. The van der Waals surface area contributed by atoms with Crippen LogP contribution in [-0.4, -0.2) is 79.6 Å². The van der Waals surface area contributed by atoms with Crippen molar-refractivity contribution in [2.45, 2.75) is 46.2 Å². The summed E-state index contributed by atoms with van der Waals surface area (Å²) >= 11 is 0. The van der Waals surface area contributed by atoms with Crippen LogP contribution in [0.25, 0.3) is 0 Å². The van der Waals surface area contributed by atoms with Crippen LogP contribution in [0.15, 0.2) is 0 Å². The first kappa shape index (κ1) is 27.6. The third-order valence-electron chi connectivity index (χ3n) is 4.59. The van der Waals surface area contributed by atoms with E-state index in [1.807, 2.05) is 25.7 Å². The van der Waals surface area contributed by atoms with E-state index in [0.29, 0.717) is 19.1 Å². The molecule has 0 saturated carbocycles. The summed E-state index contributed by atoms with van der Waals surface area (Å²) in [6.07, 6.45) is 0.987. The summed E-state index contributed by atoms with van der Waals surface area (Å²) in [5, 5.41) is 2.66. The number of ether oxygens (including phenoxy) is 1. The van der Waals surface area contributed by atoms with Crippen molar-refractivity contribution in [2.75, 3.05) is 45.9 Å². The summed E-state index contributed by atoms with van der Waals surface area (Å²) in [7, 11) is 0. The van der Waals surface area contributed by atoms with Crippen molar-refractivity contribution in [3.63, 3.8) is 0 Å². The van der Waals surface area contributed by atoms with Gasteiger partial charge in [0, 0.05) is 38.8 Å². The van der Waals surface area contributed by atoms with Crippen molar-refractivity contribution < 1.29 is 14.3 Å². The maximum Gasteiger partial charge on any atom is 0.242 e. The van der Waals surface area contributed by atoms with Crippen LogP contribution in [0, 0.1) is 5.92 Å². The molecule has 7 nitrogen and oxygen atoms in total. The molecule has 1 aliphatic heterocycles. The quantitative estimate of drug-likeness (QED) is 0.546. The van der Waals surface area contributed by atoms with E-state index >= 15 is 0 Å². The molecule has 156 valence electrons. The number of nitrogens with zero attached hydrogens (tertiary/aromatic N) is 2. The third-order valence-corrected chi connectivity index (χ3v) is 4.59. The van der Waals surface area contributed by atoms with E-state index in [1.54, 1.807) is 0 Å². The molecule has 1 unspecified atom stereocenters.